The largest absolute Gasteiger partial charge is 0.465 e. The summed E-state index contributed by atoms with van der Waals surface area (Å²) >= 11 is 5.33. The number of hydrogen-bond acceptors (Lipinski definition) is 3. The van der Waals surface area contributed by atoms with Gasteiger partial charge >= 0.3 is 5.97 Å². The van der Waals surface area contributed by atoms with Crippen LogP contribution in [0.3, 0.4) is 0 Å². The lowest BCUT2D eigenvalue weighted by Crippen LogP contribution is -2.36. The molecular weight excluding hydrogens is 272 g/mol. The van der Waals surface area contributed by atoms with Crippen molar-refractivity contribution in [1.82, 2.24) is 5.32 Å². The fourth-order valence-corrected chi connectivity index (χ4v) is 2.79. The van der Waals surface area contributed by atoms with E-state index in [0.717, 1.165) is 11.3 Å². The SMILES string of the molecule is COC(=O)c1cccc(NC(=S)NC2CCCC2)c1C. The summed E-state index contributed by atoms with van der Waals surface area (Å²) in [5, 5.41) is 7.10. The molecule has 0 aliphatic heterocycles. The molecule has 0 saturated heterocycles. The molecule has 0 radical (unpaired) electrons. The minimum absolute atomic E-state index is 0.333. The Morgan fingerprint density at radius 2 is 2.05 bits per heavy atom. The van der Waals surface area contributed by atoms with Crippen LogP contribution in [-0.2, 0) is 4.74 Å². The summed E-state index contributed by atoms with van der Waals surface area (Å²) in [6, 6.07) is 5.95. The third-order valence-electron chi connectivity index (χ3n) is 3.68. The minimum atomic E-state index is -0.333. The maximum atomic E-state index is 11.7. The molecule has 5 heteroatoms. The van der Waals surface area contributed by atoms with Crippen molar-refractivity contribution in [2.45, 2.75) is 38.6 Å². The van der Waals surface area contributed by atoms with Gasteiger partial charge in [0, 0.05) is 11.7 Å². The third kappa shape index (κ3) is 3.48. The second kappa shape index (κ2) is 6.70. The molecule has 0 bridgehead atoms. The van der Waals surface area contributed by atoms with Gasteiger partial charge in [0.15, 0.2) is 5.11 Å². The number of rotatable bonds is 3. The van der Waals surface area contributed by atoms with Gasteiger partial charge < -0.3 is 15.4 Å². The van der Waals surface area contributed by atoms with Gasteiger partial charge in [0.1, 0.15) is 0 Å². The van der Waals surface area contributed by atoms with Crippen LogP contribution in [0.5, 0.6) is 0 Å². The lowest BCUT2D eigenvalue weighted by molar-refractivity contribution is 0.0600. The molecule has 1 aromatic rings. The summed E-state index contributed by atoms with van der Waals surface area (Å²) in [6.07, 6.45) is 4.86. The molecule has 20 heavy (non-hydrogen) atoms. The highest BCUT2D eigenvalue weighted by Crippen LogP contribution is 2.21. The van der Waals surface area contributed by atoms with E-state index in [-0.39, 0.29) is 5.97 Å². The van der Waals surface area contributed by atoms with E-state index in [9.17, 15) is 4.79 Å². The van der Waals surface area contributed by atoms with Crippen LogP contribution in [0.1, 0.15) is 41.6 Å². The molecule has 0 aromatic heterocycles. The zero-order valence-electron chi connectivity index (χ0n) is 11.9. The normalized spacial score (nSPS) is 14.9. The first-order chi connectivity index (χ1) is 9.61. The standard InChI is InChI=1S/C15H20N2O2S/c1-10-12(14(18)19-2)8-5-9-13(10)17-15(20)16-11-6-3-4-7-11/h5,8-9,11H,3-4,6-7H2,1-2H3,(H2,16,17,20). The fourth-order valence-electron chi connectivity index (χ4n) is 2.52. The minimum Gasteiger partial charge on any atom is -0.465 e. The maximum Gasteiger partial charge on any atom is 0.338 e. The lowest BCUT2D eigenvalue weighted by atomic mass is 10.1. The van der Waals surface area contributed by atoms with E-state index in [1.807, 2.05) is 19.1 Å². The van der Waals surface area contributed by atoms with E-state index < -0.39 is 0 Å². The van der Waals surface area contributed by atoms with E-state index in [1.165, 1.54) is 32.8 Å². The number of hydrogen-bond donors (Lipinski definition) is 2. The van der Waals surface area contributed by atoms with Crippen LogP contribution in [0.2, 0.25) is 0 Å². The lowest BCUT2D eigenvalue weighted by Gasteiger charge is -2.17. The van der Waals surface area contributed by atoms with Crippen LogP contribution >= 0.6 is 12.2 Å². The molecule has 1 aliphatic rings. The maximum absolute atomic E-state index is 11.7. The highest BCUT2D eigenvalue weighted by atomic mass is 32.1. The molecular formula is C15H20N2O2S. The summed E-state index contributed by atoms with van der Waals surface area (Å²) in [6.45, 7) is 1.88. The van der Waals surface area contributed by atoms with E-state index in [4.69, 9.17) is 17.0 Å². The first-order valence-electron chi connectivity index (χ1n) is 6.87. The van der Waals surface area contributed by atoms with Crippen molar-refractivity contribution >= 4 is 29.0 Å². The van der Waals surface area contributed by atoms with Crippen molar-refractivity contribution in [3.05, 3.63) is 29.3 Å². The molecule has 0 atom stereocenters. The van der Waals surface area contributed by atoms with E-state index in [0.29, 0.717) is 16.7 Å². The van der Waals surface area contributed by atoms with Crippen molar-refractivity contribution in [1.29, 1.82) is 0 Å². The average molecular weight is 292 g/mol. The van der Waals surface area contributed by atoms with Gasteiger partial charge in [-0.05, 0) is 49.7 Å². The number of ether oxygens (including phenoxy) is 1. The Balaban J connectivity index is 2.05. The van der Waals surface area contributed by atoms with Gasteiger partial charge in [-0.25, -0.2) is 4.79 Å². The van der Waals surface area contributed by atoms with E-state index >= 15 is 0 Å². The van der Waals surface area contributed by atoms with E-state index in [1.54, 1.807) is 6.07 Å². The highest BCUT2D eigenvalue weighted by molar-refractivity contribution is 7.80. The second-order valence-corrected chi connectivity index (χ2v) is 5.46. The van der Waals surface area contributed by atoms with Gasteiger partial charge in [-0.3, -0.25) is 0 Å². The zero-order valence-corrected chi connectivity index (χ0v) is 12.7. The molecule has 0 amide bonds. The molecule has 0 spiro atoms. The Hall–Kier alpha value is -1.62. The number of thiocarbonyl (C=S) groups is 1. The number of esters is 1. The predicted octanol–water partition coefficient (Wildman–Crippen LogP) is 3.01. The van der Waals surface area contributed by atoms with Crippen molar-refractivity contribution < 1.29 is 9.53 Å². The van der Waals surface area contributed by atoms with E-state index in [2.05, 4.69) is 10.6 Å². The Kier molecular flexibility index (Phi) is 4.95. The number of methoxy groups -OCH3 is 1. The Labute approximate surface area is 124 Å². The second-order valence-electron chi connectivity index (χ2n) is 5.05. The number of carbonyl (C=O) groups excluding carboxylic acids is 1. The molecule has 1 aliphatic carbocycles. The summed E-state index contributed by atoms with van der Waals surface area (Å²) in [5.74, 6) is -0.333. The predicted molar refractivity (Wildman–Crippen MR) is 84.1 cm³/mol. The number of carbonyl (C=O) groups is 1. The smallest absolute Gasteiger partial charge is 0.338 e. The first-order valence-corrected chi connectivity index (χ1v) is 7.28. The van der Waals surface area contributed by atoms with Crippen LogP contribution < -0.4 is 10.6 Å². The molecule has 1 aromatic carbocycles. The third-order valence-corrected chi connectivity index (χ3v) is 3.90. The van der Waals surface area contributed by atoms with Gasteiger partial charge in [-0.1, -0.05) is 18.9 Å². The Morgan fingerprint density at radius 3 is 2.70 bits per heavy atom. The van der Waals surface area contributed by atoms with Crippen molar-refractivity contribution in [2.24, 2.45) is 0 Å². The van der Waals surface area contributed by atoms with Gasteiger partial charge in [0.05, 0.1) is 12.7 Å². The number of anilines is 1. The van der Waals surface area contributed by atoms with Crippen LogP contribution in [-0.4, -0.2) is 24.2 Å². The Morgan fingerprint density at radius 1 is 1.35 bits per heavy atom. The monoisotopic (exact) mass is 292 g/mol. The summed E-state index contributed by atoms with van der Waals surface area (Å²) in [5.41, 5.74) is 2.24. The molecule has 108 valence electrons. The molecule has 0 unspecified atom stereocenters. The first kappa shape index (κ1) is 14.8. The molecule has 0 heterocycles. The Bertz CT molecular complexity index is 511. The topological polar surface area (TPSA) is 50.4 Å². The summed E-state index contributed by atoms with van der Waals surface area (Å²) in [4.78, 5) is 11.7. The quantitative estimate of drug-likeness (QED) is 0.662. The van der Waals surface area contributed by atoms with Crippen molar-refractivity contribution in [3.63, 3.8) is 0 Å². The van der Waals surface area contributed by atoms with Gasteiger partial charge in [0.2, 0.25) is 0 Å². The van der Waals surface area contributed by atoms with Crippen LogP contribution in [0, 0.1) is 6.92 Å². The molecule has 2 rings (SSSR count). The molecule has 4 nitrogen and oxygen atoms in total. The summed E-state index contributed by atoms with van der Waals surface area (Å²) in [7, 11) is 1.38. The van der Waals surface area contributed by atoms with Crippen LogP contribution in [0.15, 0.2) is 18.2 Å². The molecule has 2 N–H and O–H groups in total. The fraction of sp³-hybridized carbons (Fsp3) is 0.467. The van der Waals surface area contributed by atoms with Crippen LogP contribution in [0.25, 0.3) is 0 Å². The van der Waals surface area contributed by atoms with Gasteiger partial charge in [-0.2, -0.15) is 0 Å². The number of nitrogens with one attached hydrogen (secondary N) is 2. The van der Waals surface area contributed by atoms with Crippen molar-refractivity contribution in [2.75, 3.05) is 12.4 Å². The van der Waals surface area contributed by atoms with Crippen LogP contribution in [0.4, 0.5) is 5.69 Å². The molecule has 1 saturated carbocycles. The molecule has 1 fully saturated rings. The van der Waals surface area contributed by atoms with Gasteiger partial charge in [-0.15, -0.1) is 0 Å². The summed E-state index contributed by atoms with van der Waals surface area (Å²) < 4.78 is 4.77. The zero-order chi connectivity index (χ0) is 14.5. The number of benzene rings is 1. The van der Waals surface area contributed by atoms with Crippen molar-refractivity contribution in [3.8, 4) is 0 Å². The average Bonchev–Trinajstić information content (AvgIpc) is 2.93. The highest BCUT2D eigenvalue weighted by Gasteiger charge is 2.16. The van der Waals surface area contributed by atoms with Gasteiger partial charge in [0.25, 0.3) is 0 Å².